The quantitative estimate of drug-likeness (QED) is 0.930. The van der Waals surface area contributed by atoms with Gasteiger partial charge < -0.3 is 10.1 Å². The third-order valence-electron chi connectivity index (χ3n) is 3.24. The molecule has 0 aromatic carbocycles. The predicted octanol–water partition coefficient (Wildman–Crippen LogP) is 3.05. The summed E-state index contributed by atoms with van der Waals surface area (Å²) in [7, 11) is 0. The van der Waals surface area contributed by atoms with Crippen molar-refractivity contribution in [3.63, 3.8) is 0 Å². The second-order valence-electron chi connectivity index (χ2n) is 6.40. The number of amides is 1. The summed E-state index contributed by atoms with van der Waals surface area (Å²) >= 11 is 0. The van der Waals surface area contributed by atoms with Gasteiger partial charge in [0.25, 0.3) is 0 Å². The summed E-state index contributed by atoms with van der Waals surface area (Å²) in [6.07, 6.45) is -2.76. The van der Waals surface area contributed by atoms with Gasteiger partial charge in [-0.3, -0.25) is 0 Å². The van der Waals surface area contributed by atoms with Crippen LogP contribution in [-0.2, 0) is 16.3 Å². The molecule has 8 heteroatoms. The molecule has 0 spiro atoms. The maximum Gasteiger partial charge on any atom is 0.433 e. The average Bonchev–Trinajstić information content (AvgIpc) is 3.15. The molecule has 2 rings (SSSR count). The van der Waals surface area contributed by atoms with Crippen molar-refractivity contribution in [1.29, 1.82) is 0 Å². The summed E-state index contributed by atoms with van der Waals surface area (Å²) in [5.41, 5.74) is -2.23. The number of ether oxygens (including phenoxy) is 1. The van der Waals surface area contributed by atoms with E-state index in [2.05, 4.69) is 15.3 Å². The first-order valence-corrected chi connectivity index (χ1v) is 6.89. The number of aromatic nitrogens is 2. The monoisotopic (exact) mass is 317 g/mol. The molecule has 1 N–H and O–H groups in total. The lowest BCUT2D eigenvalue weighted by molar-refractivity contribution is -0.141. The standard InChI is InChI=1S/C14H18F3N3O2/c1-12(2,3)22-11(21)19-8-13(5-6-13)10-18-7-4-9(20-10)14(15,16)17/h4,7H,5-6,8H2,1-3H3,(H,19,21). The summed E-state index contributed by atoms with van der Waals surface area (Å²) in [6, 6.07) is 0.834. The number of carbonyl (C=O) groups excluding carboxylic acids is 1. The molecular formula is C14H18F3N3O2. The predicted molar refractivity (Wildman–Crippen MR) is 72.2 cm³/mol. The summed E-state index contributed by atoms with van der Waals surface area (Å²) in [5.74, 6) is 0.110. The molecular weight excluding hydrogens is 299 g/mol. The van der Waals surface area contributed by atoms with Crippen molar-refractivity contribution < 1.29 is 22.7 Å². The second-order valence-corrected chi connectivity index (χ2v) is 6.40. The van der Waals surface area contributed by atoms with Crippen LogP contribution in [0.5, 0.6) is 0 Å². The van der Waals surface area contributed by atoms with Gasteiger partial charge in [0.05, 0.1) is 0 Å². The Hall–Kier alpha value is -1.86. The van der Waals surface area contributed by atoms with E-state index in [4.69, 9.17) is 4.74 Å². The smallest absolute Gasteiger partial charge is 0.433 e. The van der Waals surface area contributed by atoms with Crippen molar-refractivity contribution in [2.24, 2.45) is 0 Å². The van der Waals surface area contributed by atoms with Gasteiger partial charge >= 0.3 is 12.3 Å². The Morgan fingerprint density at radius 3 is 2.50 bits per heavy atom. The Kier molecular flexibility index (Phi) is 4.06. The highest BCUT2D eigenvalue weighted by molar-refractivity contribution is 5.68. The lowest BCUT2D eigenvalue weighted by Gasteiger charge is -2.21. The van der Waals surface area contributed by atoms with Crippen LogP contribution >= 0.6 is 0 Å². The Morgan fingerprint density at radius 2 is 2.00 bits per heavy atom. The van der Waals surface area contributed by atoms with Gasteiger partial charge in [0.1, 0.15) is 17.1 Å². The molecule has 1 aromatic heterocycles. The Bertz CT molecular complexity index is 563. The first-order chi connectivity index (χ1) is 10.0. The zero-order valence-corrected chi connectivity index (χ0v) is 12.6. The molecule has 0 atom stereocenters. The highest BCUT2D eigenvalue weighted by Crippen LogP contribution is 2.46. The van der Waals surface area contributed by atoms with Crippen molar-refractivity contribution in [2.75, 3.05) is 6.54 Å². The van der Waals surface area contributed by atoms with Crippen molar-refractivity contribution in [1.82, 2.24) is 15.3 Å². The van der Waals surface area contributed by atoms with Crippen LogP contribution in [0.1, 0.15) is 45.1 Å². The maximum atomic E-state index is 12.7. The van der Waals surface area contributed by atoms with Crippen LogP contribution in [-0.4, -0.2) is 28.2 Å². The first-order valence-electron chi connectivity index (χ1n) is 6.89. The number of nitrogens with zero attached hydrogens (tertiary/aromatic N) is 2. The minimum Gasteiger partial charge on any atom is -0.444 e. The summed E-state index contributed by atoms with van der Waals surface area (Å²) in [6.45, 7) is 5.35. The third-order valence-corrected chi connectivity index (χ3v) is 3.24. The fourth-order valence-corrected chi connectivity index (χ4v) is 1.96. The van der Waals surface area contributed by atoms with Gasteiger partial charge in [-0.15, -0.1) is 0 Å². The van der Waals surface area contributed by atoms with Gasteiger partial charge in [-0.2, -0.15) is 13.2 Å². The summed E-state index contributed by atoms with van der Waals surface area (Å²) in [4.78, 5) is 19.2. The molecule has 1 aliphatic rings. The Balaban J connectivity index is 2.04. The number of alkyl carbamates (subject to hydrolysis) is 1. The van der Waals surface area contributed by atoms with Crippen LogP contribution in [0.25, 0.3) is 0 Å². The van der Waals surface area contributed by atoms with Crippen LogP contribution in [0.2, 0.25) is 0 Å². The number of nitrogens with one attached hydrogen (secondary N) is 1. The van der Waals surface area contributed by atoms with Gasteiger partial charge in [-0.25, -0.2) is 14.8 Å². The minimum atomic E-state index is -4.51. The van der Waals surface area contributed by atoms with E-state index < -0.39 is 29.0 Å². The molecule has 5 nitrogen and oxygen atoms in total. The second kappa shape index (κ2) is 5.40. The molecule has 1 aliphatic carbocycles. The van der Waals surface area contributed by atoms with Crippen molar-refractivity contribution in [2.45, 2.75) is 50.8 Å². The molecule has 0 unspecified atom stereocenters. The van der Waals surface area contributed by atoms with Crippen LogP contribution < -0.4 is 5.32 Å². The number of carbonyl (C=O) groups is 1. The molecule has 22 heavy (non-hydrogen) atoms. The molecule has 0 saturated heterocycles. The number of halogens is 3. The van der Waals surface area contributed by atoms with Gasteiger partial charge in [0, 0.05) is 18.2 Å². The molecule has 0 aliphatic heterocycles. The topological polar surface area (TPSA) is 64.1 Å². The van der Waals surface area contributed by atoms with Crippen molar-refractivity contribution >= 4 is 6.09 Å². The first kappa shape index (κ1) is 16.5. The maximum absolute atomic E-state index is 12.7. The highest BCUT2D eigenvalue weighted by Gasteiger charge is 2.48. The zero-order chi connectivity index (χ0) is 16.6. The molecule has 1 heterocycles. The third kappa shape index (κ3) is 4.08. The lowest BCUT2D eigenvalue weighted by Crippen LogP contribution is -2.37. The number of hydrogen-bond acceptors (Lipinski definition) is 4. The van der Waals surface area contributed by atoms with E-state index in [9.17, 15) is 18.0 Å². The van der Waals surface area contributed by atoms with Crippen LogP contribution in [0.15, 0.2) is 12.3 Å². The fraction of sp³-hybridized carbons (Fsp3) is 0.643. The lowest BCUT2D eigenvalue weighted by atomic mass is 10.1. The highest BCUT2D eigenvalue weighted by atomic mass is 19.4. The molecule has 1 saturated carbocycles. The Labute approximate surface area is 126 Å². The zero-order valence-electron chi connectivity index (χ0n) is 12.6. The van der Waals surface area contributed by atoms with Gasteiger partial charge in [0.15, 0.2) is 0 Å². The van der Waals surface area contributed by atoms with Crippen molar-refractivity contribution in [3.8, 4) is 0 Å². The van der Waals surface area contributed by atoms with Gasteiger partial charge in [0.2, 0.25) is 0 Å². The molecule has 122 valence electrons. The van der Waals surface area contributed by atoms with E-state index in [1.807, 2.05) is 0 Å². The van der Waals surface area contributed by atoms with Gasteiger partial charge in [-0.1, -0.05) is 0 Å². The van der Waals surface area contributed by atoms with E-state index in [1.165, 1.54) is 0 Å². The Morgan fingerprint density at radius 1 is 1.36 bits per heavy atom. The van der Waals surface area contributed by atoms with E-state index in [0.717, 1.165) is 12.3 Å². The number of alkyl halides is 3. The number of hydrogen-bond donors (Lipinski definition) is 1. The van der Waals surface area contributed by atoms with Crippen LogP contribution in [0, 0.1) is 0 Å². The van der Waals surface area contributed by atoms with E-state index in [1.54, 1.807) is 20.8 Å². The molecule has 1 amide bonds. The molecule has 0 radical (unpaired) electrons. The molecule has 1 aromatic rings. The van der Waals surface area contributed by atoms with E-state index in [-0.39, 0.29) is 12.4 Å². The SMILES string of the molecule is CC(C)(C)OC(=O)NCC1(c2nccc(C(F)(F)F)n2)CC1. The van der Waals surface area contributed by atoms with E-state index in [0.29, 0.717) is 12.8 Å². The normalized spacial score (nSPS) is 17.0. The van der Waals surface area contributed by atoms with E-state index >= 15 is 0 Å². The largest absolute Gasteiger partial charge is 0.444 e. The molecule has 0 bridgehead atoms. The minimum absolute atomic E-state index is 0.110. The van der Waals surface area contributed by atoms with Crippen molar-refractivity contribution in [3.05, 3.63) is 23.8 Å². The summed E-state index contributed by atoms with van der Waals surface area (Å²) < 4.78 is 43.2. The van der Waals surface area contributed by atoms with Crippen LogP contribution in [0.4, 0.5) is 18.0 Å². The molecule has 1 fully saturated rings. The average molecular weight is 317 g/mol. The fourth-order valence-electron chi connectivity index (χ4n) is 1.96. The van der Waals surface area contributed by atoms with Crippen LogP contribution in [0.3, 0.4) is 0 Å². The summed E-state index contributed by atoms with van der Waals surface area (Å²) in [5, 5.41) is 2.58. The van der Waals surface area contributed by atoms with Gasteiger partial charge in [-0.05, 0) is 39.7 Å². The number of rotatable bonds is 3.